The van der Waals surface area contributed by atoms with E-state index in [1.54, 1.807) is 18.3 Å². The quantitative estimate of drug-likeness (QED) is 0.402. The monoisotopic (exact) mass is 350 g/mol. The zero-order chi connectivity index (χ0) is 18.4. The molecule has 7 nitrogen and oxygen atoms in total. The normalized spacial score (nSPS) is 10.5. The first-order valence-electron chi connectivity index (χ1n) is 8.25. The number of rotatable bonds is 7. The zero-order valence-electron chi connectivity index (χ0n) is 14.0. The molecule has 1 N–H and O–H groups in total. The highest BCUT2D eigenvalue weighted by Crippen LogP contribution is 2.18. The Morgan fingerprint density at radius 1 is 1.12 bits per heavy atom. The van der Waals surface area contributed by atoms with Crippen molar-refractivity contribution in [1.29, 1.82) is 0 Å². The number of aromatic nitrogens is 2. The summed E-state index contributed by atoms with van der Waals surface area (Å²) in [6.45, 7) is 1.10. The van der Waals surface area contributed by atoms with Crippen molar-refractivity contribution in [3.63, 3.8) is 0 Å². The molecule has 0 fully saturated rings. The summed E-state index contributed by atoms with van der Waals surface area (Å²) in [7, 11) is 0. The Kier molecular flexibility index (Phi) is 5.38. The highest BCUT2D eigenvalue weighted by Gasteiger charge is 2.18. The van der Waals surface area contributed by atoms with Crippen LogP contribution < -0.4 is 5.32 Å². The zero-order valence-corrected chi connectivity index (χ0v) is 14.0. The van der Waals surface area contributed by atoms with Crippen LogP contribution in [0.1, 0.15) is 16.8 Å². The van der Waals surface area contributed by atoms with E-state index in [1.807, 2.05) is 41.1 Å². The number of nitrogens with zero attached hydrogens (tertiary/aromatic N) is 3. The van der Waals surface area contributed by atoms with Crippen LogP contribution in [-0.4, -0.2) is 26.9 Å². The Labute approximate surface area is 150 Å². The van der Waals surface area contributed by atoms with E-state index < -0.39 is 10.8 Å². The number of nitro benzene ring substituents is 1. The number of hydrogen-bond donors (Lipinski definition) is 1. The van der Waals surface area contributed by atoms with Gasteiger partial charge in [0.1, 0.15) is 11.4 Å². The standard InChI is InChI=1S/C19H18N4O3/c24-19(16-9-4-5-10-17(16)23(25)26)21-11-6-13-22-14-12-20-18(22)15-7-2-1-3-8-15/h1-5,7-10,12,14H,6,11,13H2,(H,21,24). The highest BCUT2D eigenvalue weighted by molar-refractivity contribution is 5.98. The molecule has 0 saturated carbocycles. The third kappa shape index (κ3) is 3.94. The van der Waals surface area contributed by atoms with Crippen LogP contribution in [0.4, 0.5) is 5.69 Å². The van der Waals surface area contributed by atoms with E-state index in [1.165, 1.54) is 12.1 Å². The molecule has 0 saturated heterocycles. The third-order valence-electron chi connectivity index (χ3n) is 3.95. The fourth-order valence-electron chi connectivity index (χ4n) is 2.71. The number of aryl methyl sites for hydroxylation is 1. The van der Waals surface area contributed by atoms with E-state index in [2.05, 4.69) is 10.3 Å². The highest BCUT2D eigenvalue weighted by atomic mass is 16.6. The molecule has 7 heteroatoms. The van der Waals surface area contributed by atoms with Crippen LogP contribution in [0.3, 0.4) is 0 Å². The first-order chi connectivity index (χ1) is 12.7. The van der Waals surface area contributed by atoms with Crippen molar-refractivity contribution in [2.24, 2.45) is 0 Å². The second-order valence-electron chi connectivity index (χ2n) is 5.69. The summed E-state index contributed by atoms with van der Waals surface area (Å²) in [5.41, 5.74) is 0.914. The second-order valence-corrected chi connectivity index (χ2v) is 5.69. The molecule has 0 unspecified atom stereocenters. The average Bonchev–Trinajstić information content (AvgIpc) is 3.14. The van der Waals surface area contributed by atoms with E-state index in [0.29, 0.717) is 19.5 Å². The molecule has 0 aliphatic heterocycles. The van der Waals surface area contributed by atoms with Crippen molar-refractivity contribution in [2.45, 2.75) is 13.0 Å². The van der Waals surface area contributed by atoms with Gasteiger partial charge in [0.2, 0.25) is 0 Å². The van der Waals surface area contributed by atoms with Gasteiger partial charge in [0, 0.05) is 37.1 Å². The molecule has 132 valence electrons. The number of benzene rings is 2. The van der Waals surface area contributed by atoms with Gasteiger partial charge in [-0.2, -0.15) is 0 Å². The number of carbonyl (C=O) groups excluding carboxylic acids is 1. The van der Waals surface area contributed by atoms with Gasteiger partial charge >= 0.3 is 0 Å². The van der Waals surface area contributed by atoms with Crippen LogP contribution in [0.5, 0.6) is 0 Å². The molecule has 0 radical (unpaired) electrons. The number of carbonyl (C=O) groups is 1. The lowest BCUT2D eigenvalue weighted by molar-refractivity contribution is -0.385. The molecule has 2 aromatic carbocycles. The molecule has 26 heavy (non-hydrogen) atoms. The van der Waals surface area contributed by atoms with Crippen LogP contribution >= 0.6 is 0 Å². The average molecular weight is 350 g/mol. The second kappa shape index (κ2) is 8.06. The van der Waals surface area contributed by atoms with Gasteiger partial charge in [-0.05, 0) is 12.5 Å². The Morgan fingerprint density at radius 3 is 2.62 bits per heavy atom. The molecule has 1 heterocycles. The lowest BCUT2D eigenvalue weighted by Gasteiger charge is -2.09. The van der Waals surface area contributed by atoms with Crippen molar-refractivity contribution < 1.29 is 9.72 Å². The van der Waals surface area contributed by atoms with E-state index in [-0.39, 0.29) is 11.3 Å². The van der Waals surface area contributed by atoms with Crippen LogP contribution in [0.25, 0.3) is 11.4 Å². The van der Waals surface area contributed by atoms with E-state index in [9.17, 15) is 14.9 Å². The lowest BCUT2D eigenvalue weighted by Crippen LogP contribution is -2.26. The minimum Gasteiger partial charge on any atom is -0.352 e. The topological polar surface area (TPSA) is 90.1 Å². The maximum Gasteiger partial charge on any atom is 0.282 e. The van der Waals surface area contributed by atoms with Crippen molar-refractivity contribution in [2.75, 3.05) is 6.54 Å². The number of imidazole rings is 1. The third-order valence-corrected chi connectivity index (χ3v) is 3.95. The molecule has 0 atom stereocenters. The maximum atomic E-state index is 12.2. The Bertz CT molecular complexity index is 906. The first kappa shape index (κ1) is 17.3. The van der Waals surface area contributed by atoms with E-state index in [0.717, 1.165) is 11.4 Å². The van der Waals surface area contributed by atoms with Crippen LogP contribution in [-0.2, 0) is 6.54 Å². The summed E-state index contributed by atoms with van der Waals surface area (Å²) >= 11 is 0. The number of nitro groups is 1. The largest absolute Gasteiger partial charge is 0.352 e. The molecule has 3 aromatic rings. The fourth-order valence-corrected chi connectivity index (χ4v) is 2.71. The van der Waals surface area contributed by atoms with E-state index >= 15 is 0 Å². The Morgan fingerprint density at radius 2 is 1.85 bits per heavy atom. The summed E-state index contributed by atoms with van der Waals surface area (Å²) < 4.78 is 2.02. The summed E-state index contributed by atoms with van der Waals surface area (Å²) in [6.07, 6.45) is 4.32. The van der Waals surface area contributed by atoms with Gasteiger partial charge in [-0.1, -0.05) is 42.5 Å². The van der Waals surface area contributed by atoms with Gasteiger partial charge in [-0.25, -0.2) is 4.98 Å². The summed E-state index contributed by atoms with van der Waals surface area (Å²) in [4.78, 5) is 27.0. The van der Waals surface area contributed by atoms with Gasteiger partial charge in [0.05, 0.1) is 4.92 Å². The molecule has 1 amide bonds. The molecular formula is C19H18N4O3. The van der Waals surface area contributed by atoms with Crippen LogP contribution in [0.15, 0.2) is 67.0 Å². The Hall–Kier alpha value is -3.48. The van der Waals surface area contributed by atoms with E-state index in [4.69, 9.17) is 0 Å². The van der Waals surface area contributed by atoms with Gasteiger partial charge < -0.3 is 9.88 Å². The van der Waals surface area contributed by atoms with Crippen molar-refractivity contribution in [3.8, 4) is 11.4 Å². The van der Waals surface area contributed by atoms with Crippen molar-refractivity contribution in [3.05, 3.63) is 82.7 Å². The molecule has 0 aliphatic carbocycles. The predicted molar refractivity (Wildman–Crippen MR) is 97.7 cm³/mol. The molecule has 0 aliphatic rings. The van der Waals surface area contributed by atoms with Gasteiger partial charge in [-0.15, -0.1) is 0 Å². The fraction of sp³-hybridized carbons (Fsp3) is 0.158. The summed E-state index contributed by atoms with van der Waals surface area (Å²) in [5.74, 6) is 0.432. The smallest absolute Gasteiger partial charge is 0.282 e. The van der Waals surface area contributed by atoms with Gasteiger partial charge in [0.25, 0.3) is 11.6 Å². The summed E-state index contributed by atoms with van der Waals surface area (Å²) in [5, 5.41) is 13.7. The van der Waals surface area contributed by atoms with Crippen molar-refractivity contribution in [1.82, 2.24) is 14.9 Å². The molecular weight excluding hydrogens is 332 g/mol. The van der Waals surface area contributed by atoms with Crippen LogP contribution in [0, 0.1) is 10.1 Å². The van der Waals surface area contributed by atoms with Gasteiger partial charge in [-0.3, -0.25) is 14.9 Å². The molecule has 1 aromatic heterocycles. The summed E-state index contributed by atoms with van der Waals surface area (Å²) in [6, 6.07) is 15.8. The van der Waals surface area contributed by atoms with Gasteiger partial charge in [0.15, 0.2) is 0 Å². The number of hydrogen-bond acceptors (Lipinski definition) is 4. The minimum absolute atomic E-state index is 0.0742. The lowest BCUT2D eigenvalue weighted by atomic mass is 10.1. The minimum atomic E-state index is -0.549. The predicted octanol–water partition coefficient (Wildman–Crippen LogP) is 3.28. The molecule has 0 spiro atoms. The molecule has 0 bridgehead atoms. The Balaban J connectivity index is 1.57. The number of para-hydroxylation sites is 1. The maximum absolute atomic E-state index is 12.2. The van der Waals surface area contributed by atoms with Crippen LogP contribution in [0.2, 0.25) is 0 Å². The van der Waals surface area contributed by atoms with Crippen molar-refractivity contribution >= 4 is 11.6 Å². The number of nitrogens with one attached hydrogen (secondary N) is 1. The molecule has 3 rings (SSSR count). The first-order valence-corrected chi connectivity index (χ1v) is 8.25. The number of amides is 1. The SMILES string of the molecule is O=C(NCCCn1ccnc1-c1ccccc1)c1ccccc1[N+](=O)[O-].